The fourth-order valence-electron chi connectivity index (χ4n) is 3.40. The summed E-state index contributed by atoms with van der Waals surface area (Å²) in [6.07, 6.45) is 2.97. The maximum Gasteiger partial charge on any atom is 0.435 e. The summed E-state index contributed by atoms with van der Waals surface area (Å²) in [4.78, 5) is 21.6. The number of alkyl halides is 3. The fraction of sp³-hybridized carbons (Fsp3) is 0.154. The van der Waals surface area contributed by atoms with Crippen molar-refractivity contribution >= 4 is 35.4 Å². The summed E-state index contributed by atoms with van der Waals surface area (Å²) in [5.41, 5.74) is 1.45. The van der Waals surface area contributed by atoms with Crippen LogP contribution in [0.4, 0.5) is 24.8 Å². The number of esters is 1. The lowest BCUT2D eigenvalue weighted by Crippen LogP contribution is -2.10. The van der Waals surface area contributed by atoms with E-state index in [0.29, 0.717) is 16.7 Å². The van der Waals surface area contributed by atoms with Gasteiger partial charge in [0.2, 0.25) is 5.95 Å². The monoisotopic (exact) mass is 525 g/mol. The molecule has 0 amide bonds. The number of hydrogen-bond acceptors (Lipinski definition) is 7. The van der Waals surface area contributed by atoms with Crippen molar-refractivity contribution in [3.8, 4) is 16.9 Å². The molecule has 1 N–H and O–H groups in total. The van der Waals surface area contributed by atoms with Crippen LogP contribution in [0.1, 0.15) is 18.2 Å². The zero-order chi connectivity index (χ0) is 26.4. The molecule has 0 aliphatic rings. The van der Waals surface area contributed by atoms with Gasteiger partial charge >= 0.3 is 12.1 Å². The SMILES string of the molecule is CCOC(=O)/C=C/c1cccc(-c2cnc(Nc3cccc(SC)c3)nc2-n2ccc(C(F)(F)F)n2)c1. The largest absolute Gasteiger partial charge is 0.463 e. The zero-order valence-corrected chi connectivity index (χ0v) is 20.7. The Morgan fingerprint density at radius 2 is 1.97 bits per heavy atom. The Morgan fingerprint density at radius 3 is 2.70 bits per heavy atom. The zero-order valence-electron chi connectivity index (χ0n) is 19.9. The minimum absolute atomic E-state index is 0.153. The predicted octanol–water partition coefficient (Wildman–Crippen LogP) is 6.39. The maximum atomic E-state index is 13.3. The number of nitrogens with zero attached hydrogens (tertiary/aromatic N) is 4. The molecule has 0 saturated carbocycles. The molecule has 0 fully saturated rings. The molecular weight excluding hydrogens is 503 g/mol. The summed E-state index contributed by atoms with van der Waals surface area (Å²) in [6, 6.07) is 15.5. The summed E-state index contributed by atoms with van der Waals surface area (Å²) < 4.78 is 45.8. The van der Waals surface area contributed by atoms with E-state index in [0.717, 1.165) is 21.3 Å². The van der Waals surface area contributed by atoms with Crippen LogP contribution in [0.3, 0.4) is 0 Å². The van der Waals surface area contributed by atoms with Gasteiger partial charge < -0.3 is 10.1 Å². The molecule has 0 aliphatic heterocycles. The molecule has 2 heterocycles. The first kappa shape index (κ1) is 26.0. The number of hydrogen-bond donors (Lipinski definition) is 1. The van der Waals surface area contributed by atoms with E-state index in [1.807, 2.05) is 30.5 Å². The van der Waals surface area contributed by atoms with Crippen LogP contribution in [0.15, 0.2) is 78.0 Å². The van der Waals surface area contributed by atoms with E-state index in [1.54, 1.807) is 49.0 Å². The van der Waals surface area contributed by atoms with Crippen molar-refractivity contribution in [1.29, 1.82) is 0 Å². The number of halogens is 3. The number of thioether (sulfide) groups is 1. The molecule has 2 aromatic heterocycles. The Bertz CT molecular complexity index is 1440. The fourth-order valence-corrected chi connectivity index (χ4v) is 3.86. The van der Waals surface area contributed by atoms with E-state index in [4.69, 9.17) is 4.74 Å². The molecule has 7 nitrogen and oxygen atoms in total. The average molecular weight is 526 g/mol. The molecule has 190 valence electrons. The molecule has 0 saturated heterocycles. The van der Waals surface area contributed by atoms with Crippen LogP contribution < -0.4 is 5.32 Å². The van der Waals surface area contributed by atoms with E-state index >= 15 is 0 Å². The first-order valence-corrected chi connectivity index (χ1v) is 12.4. The molecule has 4 aromatic rings. The average Bonchev–Trinajstić information content (AvgIpc) is 3.39. The van der Waals surface area contributed by atoms with Crippen LogP contribution in [0.2, 0.25) is 0 Å². The Hall–Kier alpha value is -4.12. The van der Waals surface area contributed by atoms with Crippen molar-refractivity contribution in [3.05, 3.63) is 84.3 Å². The lowest BCUT2D eigenvalue weighted by molar-refractivity contribution is -0.141. The van der Waals surface area contributed by atoms with Crippen LogP contribution in [-0.2, 0) is 15.7 Å². The third-order valence-corrected chi connectivity index (χ3v) is 5.81. The molecule has 0 bridgehead atoms. The van der Waals surface area contributed by atoms with Gasteiger partial charge in [-0.2, -0.15) is 23.3 Å². The molecule has 0 unspecified atom stereocenters. The third-order valence-electron chi connectivity index (χ3n) is 5.09. The second-order valence-electron chi connectivity index (χ2n) is 7.64. The first-order valence-electron chi connectivity index (χ1n) is 11.1. The van der Waals surface area contributed by atoms with Gasteiger partial charge in [-0.15, -0.1) is 11.8 Å². The van der Waals surface area contributed by atoms with Gasteiger partial charge in [-0.25, -0.2) is 14.5 Å². The van der Waals surface area contributed by atoms with Crippen molar-refractivity contribution in [1.82, 2.24) is 19.7 Å². The van der Waals surface area contributed by atoms with Gasteiger partial charge in [-0.05, 0) is 60.7 Å². The highest BCUT2D eigenvalue weighted by atomic mass is 32.2. The third kappa shape index (κ3) is 6.56. The summed E-state index contributed by atoms with van der Waals surface area (Å²) in [5, 5.41) is 6.81. The predicted molar refractivity (Wildman–Crippen MR) is 137 cm³/mol. The first-order chi connectivity index (χ1) is 17.8. The summed E-state index contributed by atoms with van der Waals surface area (Å²) in [6.45, 7) is 1.97. The van der Waals surface area contributed by atoms with E-state index in [1.165, 1.54) is 18.5 Å². The highest BCUT2D eigenvalue weighted by Gasteiger charge is 2.34. The van der Waals surface area contributed by atoms with E-state index in [9.17, 15) is 18.0 Å². The van der Waals surface area contributed by atoms with E-state index in [2.05, 4.69) is 20.4 Å². The van der Waals surface area contributed by atoms with E-state index in [-0.39, 0.29) is 18.4 Å². The molecular formula is C26H22F3N5O2S. The standard InChI is InChI=1S/C26H22F3N5O2S/c1-3-36-23(35)11-10-17-6-4-7-18(14-17)21-16-30-25(31-19-8-5-9-20(15-19)37-2)32-24(21)34-13-12-22(33-34)26(27,28)29/h4-16H,3H2,1-2H3,(H,30,31,32)/b11-10+. The van der Waals surface area contributed by atoms with Gasteiger partial charge in [0.15, 0.2) is 11.5 Å². The molecule has 11 heteroatoms. The molecule has 0 spiro atoms. The molecule has 4 rings (SSSR count). The molecule has 37 heavy (non-hydrogen) atoms. The number of nitrogens with one attached hydrogen (secondary N) is 1. The molecule has 0 radical (unpaired) electrons. The second-order valence-corrected chi connectivity index (χ2v) is 8.52. The van der Waals surface area contributed by atoms with Crippen LogP contribution in [-0.4, -0.2) is 38.6 Å². The highest BCUT2D eigenvalue weighted by molar-refractivity contribution is 7.98. The van der Waals surface area contributed by atoms with E-state index < -0.39 is 17.8 Å². The molecule has 0 aliphatic carbocycles. The number of benzene rings is 2. The minimum Gasteiger partial charge on any atom is -0.463 e. The second kappa shape index (κ2) is 11.3. The number of anilines is 2. The lowest BCUT2D eigenvalue weighted by atomic mass is 10.0. The Labute approximate surface area is 215 Å². The van der Waals surface area contributed by atoms with Gasteiger partial charge in [0.1, 0.15) is 0 Å². The van der Waals surface area contributed by atoms with Crippen LogP contribution >= 0.6 is 11.8 Å². The normalized spacial score (nSPS) is 11.6. The lowest BCUT2D eigenvalue weighted by Gasteiger charge is -2.13. The summed E-state index contributed by atoms with van der Waals surface area (Å²) in [7, 11) is 0. The Morgan fingerprint density at radius 1 is 1.16 bits per heavy atom. The van der Waals surface area contributed by atoms with Gasteiger partial charge in [-0.3, -0.25) is 0 Å². The van der Waals surface area contributed by atoms with Crippen molar-refractivity contribution in [2.45, 2.75) is 18.0 Å². The Balaban J connectivity index is 1.75. The van der Waals surface area contributed by atoms with Gasteiger partial charge in [0.05, 0.1) is 6.61 Å². The van der Waals surface area contributed by atoms with Crippen molar-refractivity contribution in [2.24, 2.45) is 0 Å². The minimum atomic E-state index is -4.60. The summed E-state index contributed by atoms with van der Waals surface area (Å²) in [5.74, 6) is -0.130. The van der Waals surface area contributed by atoms with Gasteiger partial charge in [0, 0.05) is 34.6 Å². The van der Waals surface area contributed by atoms with Gasteiger partial charge in [-0.1, -0.05) is 24.3 Å². The number of ether oxygens (including phenoxy) is 1. The van der Waals surface area contributed by atoms with Gasteiger partial charge in [0.25, 0.3) is 0 Å². The van der Waals surface area contributed by atoms with Crippen molar-refractivity contribution < 1.29 is 22.7 Å². The number of carbonyl (C=O) groups excluding carboxylic acids is 1. The highest BCUT2D eigenvalue weighted by Crippen LogP contribution is 2.31. The van der Waals surface area contributed by atoms with Crippen molar-refractivity contribution in [2.75, 3.05) is 18.2 Å². The van der Waals surface area contributed by atoms with Crippen molar-refractivity contribution in [3.63, 3.8) is 0 Å². The maximum absolute atomic E-state index is 13.3. The van der Waals surface area contributed by atoms with Crippen LogP contribution in [0.5, 0.6) is 0 Å². The number of rotatable bonds is 8. The smallest absolute Gasteiger partial charge is 0.435 e. The summed E-state index contributed by atoms with van der Waals surface area (Å²) >= 11 is 1.57. The number of carbonyl (C=O) groups is 1. The quantitative estimate of drug-likeness (QED) is 0.162. The topological polar surface area (TPSA) is 81.9 Å². The number of aromatic nitrogens is 4. The van der Waals surface area contributed by atoms with Crippen LogP contribution in [0.25, 0.3) is 23.0 Å². The van der Waals surface area contributed by atoms with Crippen LogP contribution in [0, 0.1) is 0 Å². The molecule has 2 aromatic carbocycles. The Kier molecular flexibility index (Phi) is 7.92. The molecule has 0 atom stereocenters.